The van der Waals surface area contributed by atoms with E-state index in [-0.39, 0.29) is 16.5 Å². The van der Waals surface area contributed by atoms with Gasteiger partial charge in [-0.05, 0) is 25.0 Å². The van der Waals surface area contributed by atoms with Crippen LogP contribution in [-0.2, 0) is 0 Å². The van der Waals surface area contributed by atoms with Crippen molar-refractivity contribution < 1.29 is 9.18 Å². The first kappa shape index (κ1) is 12.8. The van der Waals surface area contributed by atoms with Crippen LogP contribution in [0, 0.1) is 23.1 Å². The van der Waals surface area contributed by atoms with Gasteiger partial charge in [0.15, 0.2) is 0 Å². The first-order valence-corrected chi connectivity index (χ1v) is 6.14. The minimum atomic E-state index is -0.602. The average Bonchev–Trinajstić information content (AvgIpc) is 2.38. The lowest BCUT2D eigenvalue weighted by Crippen LogP contribution is -2.38. The molecule has 5 heteroatoms. The van der Waals surface area contributed by atoms with Gasteiger partial charge in [0.1, 0.15) is 5.82 Å². The van der Waals surface area contributed by atoms with E-state index in [1.165, 1.54) is 18.2 Å². The van der Waals surface area contributed by atoms with Gasteiger partial charge in [-0.2, -0.15) is 5.26 Å². The topological polar surface area (TPSA) is 44.1 Å². The van der Waals surface area contributed by atoms with E-state index < -0.39 is 11.7 Å². The summed E-state index contributed by atoms with van der Waals surface area (Å²) >= 11 is 5.86. The van der Waals surface area contributed by atoms with Crippen LogP contribution < -0.4 is 0 Å². The molecular weight excluding hydrogens is 255 g/mol. The van der Waals surface area contributed by atoms with E-state index in [9.17, 15) is 9.18 Å². The first-order chi connectivity index (χ1) is 8.63. The number of nitriles is 1. The van der Waals surface area contributed by atoms with Crippen molar-refractivity contribution in [2.45, 2.75) is 12.8 Å². The number of benzene rings is 1. The Balaban J connectivity index is 2.16. The molecule has 3 nitrogen and oxygen atoms in total. The lowest BCUT2D eigenvalue weighted by molar-refractivity contribution is 0.0703. The highest BCUT2D eigenvalue weighted by Crippen LogP contribution is 2.24. The number of likely N-dealkylation sites (tertiary alicyclic amines) is 1. The van der Waals surface area contributed by atoms with Gasteiger partial charge in [-0.25, -0.2) is 4.39 Å². The van der Waals surface area contributed by atoms with E-state index in [0.717, 1.165) is 0 Å². The monoisotopic (exact) mass is 266 g/mol. The molecule has 1 heterocycles. The number of carbonyl (C=O) groups excluding carboxylic acids is 1. The molecule has 94 valence electrons. The summed E-state index contributed by atoms with van der Waals surface area (Å²) in [5.74, 6) is -1.01. The minimum Gasteiger partial charge on any atom is -0.338 e. The molecule has 1 aliphatic heterocycles. The quantitative estimate of drug-likeness (QED) is 0.784. The Morgan fingerprint density at radius 3 is 2.67 bits per heavy atom. The smallest absolute Gasteiger partial charge is 0.258 e. The molecule has 0 radical (unpaired) electrons. The van der Waals surface area contributed by atoms with Crippen molar-refractivity contribution >= 4 is 17.5 Å². The van der Waals surface area contributed by atoms with Crippen molar-refractivity contribution in [3.8, 4) is 6.07 Å². The van der Waals surface area contributed by atoms with Crippen molar-refractivity contribution in [2.75, 3.05) is 13.1 Å². The van der Waals surface area contributed by atoms with Crippen molar-refractivity contribution in [3.63, 3.8) is 0 Å². The number of halogens is 2. The zero-order chi connectivity index (χ0) is 13.1. The number of hydrogen-bond donors (Lipinski definition) is 0. The Morgan fingerprint density at radius 1 is 1.44 bits per heavy atom. The van der Waals surface area contributed by atoms with E-state index in [0.29, 0.717) is 25.9 Å². The molecule has 1 amide bonds. The molecule has 1 aromatic rings. The Kier molecular flexibility index (Phi) is 3.83. The van der Waals surface area contributed by atoms with Crippen LogP contribution >= 0.6 is 11.6 Å². The Bertz CT molecular complexity index is 484. The van der Waals surface area contributed by atoms with Gasteiger partial charge in [-0.1, -0.05) is 17.7 Å². The maximum atomic E-state index is 13.6. The van der Waals surface area contributed by atoms with Crippen LogP contribution in [0.5, 0.6) is 0 Å². The van der Waals surface area contributed by atoms with Crippen LogP contribution in [0.3, 0.4) is 0 Å². The molecule has 18 heavy (non-hydrogen) atoms. The lowest BCUT2D eigenvalue weighted by atomic mass is 9.98. The average molecular weight is 267 g/mol. The molecule has 0 atom stereocenters. The van der Waals surface area contributed by atoms with E-state index >= 15 is 0 Å². The van der Waals surface area contributed by atoms with Gasteiger partial charge in [0.25, 0.3) is 5.91 Å². The number of hydrogen-bond acceptors (Lipinski definition) is 2. The van der Waals surface area contributed by atoms with Crippen LogP contribution in [-0.4, -0.2) is 23.9 Å². The zero-order valence-corrected chi connectivity index (χ0v) is 10.5. The summed E-state index contributed by atoms with van der Waals surface area (Å²) in [4.78, 5) is 13.7. The molecule has 0 aromatic heterocycles. The maximum Gasteiger partial charge on any atom is 0.258 e. The third-order valence-corrected chi connectivity index (χ3v) is 3.46. The summed E-state index contributed by atoms with van der Waals surface area (Å²) in [6, 6.07) is 6.38. The van der Waals surface area contributed by atoms with Crippen LogP contribution in [0.25, 0.3) is 0 Å². The van der Waals surface area contributed by atoms with Crippen molar-refractivity contribution in [2.24, 2.45) is 5.92 Å². The standard InChI is InChI=1S/C13H12ClFN2O/c14-10-2-1-3-11(15)12(10)13(18)17-6-4-9(8-16)5-7-17/h1-3,9H,4-7H2. The highest BCUT2D eigenvalue weighted by molar-refractivity contribution is 6.33. The Labute approximate surface area is 110 Å². The molecule has 0 bridgehead atoms. The molecule has 0 saturated carbocycles. The second kappa shape index (κ2) is 5.36. The Hall–Kier alpha value is -1.60. The predicted molar refractivity (Wildman–Crippen MR) is 65.7 cm³/mol. The highest BCUT2D eigenvalue weighted by Gasteiger charge is 2.26. The Morgan fingerprint density at radius 2 is 2.11 bits per heavy atom. The van der Waals surface area contributed by atoms with Crippen LogP contribution in [0.2, 0.25) is 5.02 Å². The van der Waals surface area contributed by atoms with Gasteiger partial charge in [0, 0.05) is 19.0 Å². The molecule has 1 fully saturated rings. The minimum absolute atomic E-state index is 0.00913. The second-order valence-electron chi connectivity index (χ2n) is 4.29. The number of carbonyl (C=O) groups is 1. The molecule has 0 unspecified atom stereocenters. The van der Waals surface area contributed by atoms with E-state index in [4.69, 9.17) is 16.9 Å². The maximum absolute atomic E-state index is 13.6. The summed E-state index contributed by atoms with van der Waals surface area (Å²) in [5.41, 5.74) is -0.0745. The van der Waals surface area contributed by atoms with E-state index in [2.05, 4.69) is 6.07 Å². The second-order valence-corrected chi connectivity index (χ2v) is 4.70. The van der Waals surface area contributed by atoms with Crippen LogP contribution in [0.4, 0.5) is 4.39 Å². The lowest BCUT2D eigenvalue weighted by Gasteiger charge is -2.29. The van der Waals surface area contributed by atoms with E-state index in [1.807, 2.05) is 0 Å². The molecular formula is C13H12ClFN2O. The van der Waals surface area contributed by atoms with Gasteiger partial charge in [-0.15, -0.1) is 0 Å². The SMILES string of the molecule is N#CC1CCN(C(=O)c2c(F)cccc2Cl)CC1. The highest BCUT2D eigenvalue weighted by atomic mass is 35.5. The molecule has 0 aliphatic carbocycles. The molecule has 1 aromatic carbocycles. The summed E-state index contributed by atoms with van der Waals surface area (Å²) in [7, 11) is 0. The van der Waals surface area contributed by atoms with Gasteiger partial charge in [0.2, 0.25) is 0 Å². The van der Waals surface area contributed by atoms with Crippen molar-refractivity contribution in [1.82, 2.24) is 4.90 Å². The summed E-state index contributed by atoms with van der Waals surface area (Å²) in [6.45, 7) is 0.948. The largest absolute Gasteiger partial charge is 0.338 e. The fraction of sp³-hybridized carbons (Fsp3) is 0.385. The molecule has 1 saturated heterocycles. The van der Waals surface area contributed by atoms with Crippen molar-refractivity contribution in [3.05, 3.63) is 34.6 Å². The number of amides is 1. The number of piperidine rings is 1. The van der Waals surface area contributed by atoms with Crippen LogP contribution in [0.15, 0.2) is 18.2 Å². The summed E-state index contributed by atoms with van der Waals surface area (Å²) < 4.78 is 13.6. The third-order valence-electron chi connectivity index (χ3n) is 3.14. The summed E-state index contributed by atoms with van der Waals surface area (Å²) in [6.07, 6.45) is 1.27. The van der Waals surface area contributed by atoms with Crippen LogP contribution in [0.1, 0.15) is 23.2 Å². The van der Waals surface area contributed by atoms with Gasteiger partial charge in [-0.3, -0.25) is 4.79 Å². The predicted octanol–water partition coefficient (Wildman–Crippen LogP) is 2.85. The van der Waals surface area contributed by atoms with Gasteiger partial charge in [0.05, 0.1) is 16.7 Å². The first-order valence-electron chi connectivity index (χ1n) is 5.76. The van der Waals surface area contributed by atoms with Gasteiger partial charge >= 0.3 is 0 Å². The number of nitrogens with zero attached hydrogens (tertiary/aromatic N) is 2. The van der Waals surface area contributed by atoms with E-state index in [1.54, 1.807) is 4.90 Å². The molecule has 0 N–H and O–H groups in total. The molecule has 0 spiro atoms. The fourth-order valence-electron chi connectivity index (χ4n) is 2.07. The van der Waals surface area contributed by atoms with Crippen molar-refractivity contribution in [1.29, 1.82) is 5.26 Å². The summed E-state index contributed by atoms with van der Waals surface area (Å²) in [5, 5.41) is 8.91. The zero-order valence-electron chi connectivity index (χ0n) is 9.70. The normalized spacial score (nSPS) is 16.4. The third kappa shape index (κ3) is 2.46. The molecule has 1 aliphatic rings. The molecule has 2 rings (SSSR count). The number of rotatable bonds is 1. The van der Waals surface area contributed by atoms with Gasteiger partial charge < -0.3 is 4.90 Å². The fourth-order valence-corrected chi connectivity index (χ4v) is 2.32.